The topological polar surface area (TPSA) is 54.5 Å². The lowest BCUT2D eigenvalue weighted by Crippen LogP contribution is -2.36. The fraction of sp³-hybridized carbons (Fsp3) is 0.417. The van der Waals surface area contributed by atoms with E-state index in [0.717, 1.165) is 19.3 Å². The Bertz CT molecular complexity index is 550. The van der Waals surface area contributed by atoms with Crippen LogP contribution in [0.3, 0.4) is 0 Å². The van der Waals surface area contributed by atoms with E-state index in [2.05, 4.69) is 0 Å². The summed E-state index contributed by atoms with van der Waals surface area (Å²) in [5, 5.41) is 0. The molecule has 1 amide bonds. The zero-order valence-corrected chi connectivity index (χ0v) is 11.4. The van der Waals surface area contributed by atoms with Crippen molar-refractivity contribution in [2.24, 2.45) is 0 Å². The summed E-state index contributed by atoms with van der Waals surface area (Å²) < 4.78 is 22.9. The van der Waals surface area contributed by atoms with Crippen LogP contribution < -0.4 is 0 Å². The predicted molar refractivity (Wildman–Crippen MR) is 69.2 cm³/mol. The molecule has 0 atom stereocenters. The Balaban J connectivity index is 2.36. The minimum atomic E-state index is -3.89. The number of carbonyl (C=O) groups is 1. The molecule has 0 bridgehead atoms. The molecule has 0 saturated carbocycles. The van der Waals surface area contributed by atoms with Gasteiger partial charge in [0.2, 0.25) is 0 Å². The van der Waals surface area contributed by atoms with Gasteiger partial charge in [0, 0.05) is 23.8 Å². The smallest absolute Gasteiger partial charge is 0.262 e. The van der Waals surface area contributed by atoms with Crippen LogP contribution in [0.25, 0.3) is 0 Å². The number of likely N-dealkylation sites (tertiary alicyclic amines) is 1. The first kappa shape index (κ1) is 13.4. The number of benzene rings is 1. The van der Waals surface area contributed by atoms with Gasteiger partial charge in [0.1, 0.15) is 0 Å². The van der Waals surface area contributed by atoms with Crippen molar-refractivity contribution in [3.05, 3.63) is 29.8 Å². The van der Waals surface area contributed by atoms with Crippen LogP contribution in [0.1, 0.15) is 29.6 Å². The van der Waals surface area contributed by atoms with Gasteiger partial charge in [-0.05, 0) is 31.4 Å². The van der Waals surface area contributed by atoms with Gasteiger partial charge in [-0.25, -0.2) is 8.42 Å². The zero-order valence-electron chi connectivity index (χ0n) is 9.80. The van der Waals surface area contributed by atoms with Gasteiger partial charge in [-0.15, -0.1) is 0 Å². The number of amides is 1. The number of carbonyl (C=O) groups excluding carboxylic acids is 1. The molecule has 0 aromatic heterocycles. The van der Waals surface area contributed by atoms with E-state index < -0.39 is 9.05 Å². The molecule has 18 heavy (non-hydrogen) atoms. The second-order valence-corrected chi connectivity index (χ2v) is 6.82. The molecule has 0 N–H and O–H groups in total. The Morgan fingerprint density at radius 2 is 1.72 bits per heavy atom. The highest BCUT2D eigenvalue weighted by atomic mass is 35.7. The van der Waals surface area contributed by atoms with Gasteiger partial charge < -0.3 is 4.90 Å². The standard InChI is InChI=1S/C12H14ClNO3S/c13-18(16,17)11-7-3-2-6-10(11)12(15)14-8-4-1-5-9-14/h2-3,6-7H,1,4-5,8-9H2. The molecular formula is C12H14ClNO3S. The summed E-state index contributed by atoms with van der Waals surface area (Å²) in [6.45, 7) is 1.35. The molecule has 4 nitrogen and oxygen atoms in total. The summed E-state index contributed by atoms with van der Waals surface area (Å²) in [5.41, 5.74) is 0.161. The molecule has 98 valence electrons. The van der Waals surface area contributed by atoms with Crippen molar-refractivity contribution in [1.29, 1.82) is 0 Å². The van der Waals surface area contributed by atoms with Gasteiger partial charge in [-0.2, -0.15) is 0 Å². The van der Waals surface area contributed by atoms with E-state index in [9.17, 15) is 13.2 Å². The Hall–Kier alpha value is -1.07. The van der Waals surface area contributed by atoms with Crippen LogP contribution in [0, 0.1) is 0 Å². The van der Waals surface area contributed by atoms with Crippen LogP contribution in [-0.4, -0.2) is 32.3 Å². The molecule has 0 radical (unpaired) electrons. The molecule has 0 aliphatic carbocycles. The first-order valence-electron chi connectivity index (χ1n) is 5.83. The minimum Gasteiger partial charge on any atom is -0.339 e. The lowest BCUT2D eigenvalue weighted by atomic mass is 10.1. The maximum atomic E-state index is 12.3. The molecule has 1 aromatic carbocycles. The van der Waals surface area contributed by atoms with E-state index in [4.69, 9.17) is 10.7 Å². The van der Waals surface area contributed by atoms with Crippen molar-refractivity contribution in [1.82, 2.24) is 4.90 Å². The Morgan fingerprint density at radius 3 is 2.33 bits per heavy atom. The van der Waals surface area contributed by atoms with Gasteiger partial charge in [0.15, 0.2) is 0 Å². The summed E-state index contributed by atoms with van der Waals surface area (Å²) in [6, 6.07) is 6.07. The maximum absolute atomic E-state index is 12.3. The van der Waals surface area contributed by atoms with E-state index in [1.54, 1.807) is 17.0 Å². The molecule has 1 fully saturated rings. The van der Waals surface area contributed by atoms with E-state index in [0.29, 0.717) is 13.1 Å². The highest BCUT2D eigenvalue weighted by Crippen LogP contribution is 2.22. The SMILES string of the molecule is O=C(c1ccccc1S(=O)(=O)Cl)N1CCCCC1. The summed E-state index contributed by atoms with van der Waals surface area (Å²) in [4.78, 5) is 13.8. The Morgan fingerprint density at radius 1 is 1.11 bits per heavy atom. The van der Waals surface area contributed by atoms with E-state index >= 15 is 0 Å². The molecule has 0 unspecified atom stereocenters. The summed E-state index contributed by atoms with van der Waals surface area (Å²) >= 11 is 0. The number of hydrogen-bond acceptors (Lipinski definition) is 3. The molecule has 1 heterocycles. The van der Waals surface area contributed by atoms with Crippen molar-refractivity contribution in [3.8, 4) is 0 Å². The molecular weight excluding hydrogens is 274 g/mol. The molecule has 1 aliphatic rings. The third-order valence-electron chi connectivity index (χ3n) is 3.02. The molecule has 2 rings (SSSR count). The van der Waals surface area contributed by atoms with E-state index in [1.165, 1.54) is 12.1 Å². The average molecular weight is 288 g/mol. The van der Waals surface area contributed by atoms with Crippen LogP contribution in [0.2, 0.25) is 0 Å². The maximum Gasteiger partial charge on any atom is 0.262 e. The van der Waals surface area contributed by atoms with E-state index in [1.807, 2.05) is 0 Å². The van der Waals surface area contributed by atoms with Gasteiger partial charge in [0.05, 0.1) is 10.5 Å². The van der Waals surface area contributed by atoms with Crippen LogP contribution in [-0.2, 0) is 9.05 Å². The lowest BCUT2D eigenvalue weighted by molar-refractivity contribution is 0.0720. The zero-order chi connectivity index (χ0) is 13.2. The average Bonchev–Trinajstić information content (AvgIpc) is 2.38. The second-order valence-electron chi connectivity index (χ2n) is 4.29. The van der Waals surface area contributed by atoms with Gasteiger partial charge in [-0.3, -0.25) is 4.79 Å². The lowest BCUT2D eigenvalue weighted by Gasteiger charge is -2.27. The van der Waals surface area contributed by atoms with Gasteiger partial charge in [-0.1, -0.05) is 12.1 Å². The van der Waals surface area contributed by atoms with Crippen LogP contribution in [0.15, 0.2) is 29.2 Å². The molecule has 1 aliphatic heterocycles. The molecule has 6 heteroatoms. The number of rotatable bonds is 2. The number of nitrogens with zero attached hydrogens (tertiary/aromatic N) is 1. The monoisotopic (exact) mass is 287 g/mol. The van der Waals surface area contributed by atoms with Crippen molar-refractivity contribution < 1.29 is 13.2 Å². The quantitative estimate of drug-likeness (QED) is 0.784. The Labute approximate surface area is 111 Å². The summed E-state index contributed by atoms with van der Waals surface area (Å²) in [6.07, 6.45) is 3.03. The Kier molecular flexibility index (Phi) is 3.92. The van der Waals surface area contributed by atoms with Crippen molar-refractivity contribution in [2.45, 2.75) is 24.2 Å². The third kappa shape index (κ3) is 2.84. The van der Waals surface area contributed by atoms with Crippen molar-refractivity contribution >= 4 is 25.6 Å². The molecule has 1 saturated heterocycles. The first-order valence-corrected chi connectivity index (χ1v) is 8.14. The highest BCUT2D eigenvalue weighted by Gasteiger charge is 2.24. The fourth-order valence-corrected chi connectivity index (χ4v) is 3.19. The third-order valence-corrected chi connectivity index (χ3v) is 4.40. The van der Waals surface area contributed by atoms with Gasteiger partial charge in [0.25, 0.3) is 15.0 Å². The van der Waals surface area contributed by atoms with Crippen LogP contribution >= 0.6 is 10.7 Å². The van der Waals surface area contributed by atoms with Crippen LogP contribution in [0.5, 0.6) is 0 Å². The predicted octanol–water partition coefficient (Wildman–Crippen LogP) is 2.24. The van der Waals surface area contributed by atoms with Crippen molar-refractivity contribution in [3.63, 3.8) is 0 Å². The summed E-state index contributed by atoms with van der Waals surface area (Å²) in [5.74, 6) is -0.255. The molecule has 0 spiro atoms. The van der Waals surface area contributed by atoms with Gasteiger partial charge >= 0.3 is 0 Å². The highest BCUT2D eigenvalue weighted by molar-refractivity contribution is 8.13. The second kappa shape index (κ2) is 5.28. The van der Waals surface area contributed by atoms with Crippen molar-refractivity contribution in [2.75, 3.05) is 13.1 Å². The van der Waals surface area contributed by atoms with E-state index in [-0.39, 0.29) is 16.4 Å². The first-order chi connectivity index (χ1) is 8.50. The van der Waals surface area contributed by atoms with Crippen LogP contribution in [0.4, 0.5) is 0 Å². The molecule has 1 aromatic rings. The fourth-order valence-electron chi connectivity index (χ4n) is 2.12. The normalized spacial score (nSPS) is 16.6. The largest absolute Gasteiger partial charge is 0.339 e. The number of piperidine rings is 1. The number of hydrogen-bond donors (Lipinski definition) is 0. The minimum absolute atomic E-state index is 0.109. The number of halogens is 1. The summed E-state index contributed by atoms with van der Waals surface area (Å²) in [7, 11) is 1.46.